The van der Waals surface area contributed by atoms with Gasteiger partial charge in [0.15, 0.2) is 0 Å². The molecule has 2 unspecified atom stereocenters. The summed E-state index contributed by atoms with van der Waals surface area (Å²) >= 11 is 11.9. The maximum Gasteiger partial charge on any atom is 0.255 e. The van der Waals surface area contributed by atoms with E-state index in [1.807, 2.05) is 12.1 Å². The second-order valence-corrected chi connectivity index (χ2v) is 8.33. The van der Waals surface area contributed by atoms with E-state index >= 15 is 0 Å². The van der Waals surface area contributed by atoms with Crippen molar-refractivity contribution in [3.05, 3.63) is 63.6 Å². The Hall–Kier alpha value is -1.55. The standard InChI is InChI=1S/C21H22Cl2N2O/c1-25(20-14-4-5-15(20)10-14)12-13-2-7-17(8-3-13)24-21(26)16-6-9-18(22)19(23)11-16/h2-3,6-9,11,14-15,20H,4-5,10,12H2,1H3,(H,24,26). The Bertz CT molecular complexity index is 807. The molecule has 136 valence electrons. The minimum absolute atomic E-state index is 0.195. The topological polar surface area (TPSA) is 32.3 Å². The molecular formula is C21H22Cl2N2O. The molecule has 0 saturated heterocycles. The van der Waals surface area contributed by atoms with Crippen LogP contribution in [-0.4, -0.2) is 23.9 Å². The molecule has 0 aliphatic heterocycles. The summed E-state index contributed by atoms with van der Waals surface area (Å²) in [6.07, 6.45) is 4.23. The Morgan fingerprint density at radius 1 is 1.08 bits per heavy atom. The van der Waals surface area contributed by atoms with Crippen LogP contribution in [0.25, 0.3) is 0 Å². The van der Waals surface area contributed by atoms with Crippen LogP contribution >= 0.6 is 23.2 Å². The molecule has 0 aromatic heterocycles. The van der Waals surface area contributed by atoms with Gasteiger partial charge in [-0.05, 0) is 74.0 Å². The van der Waals surface area contributed by atoms with Gasteiger partial charge in [0.25, 0.3) is 5.91 Å². The van der Waals surface area contributed by atoms with E-state index in [1.165, 1.54) is 24.8 Å². The highest BCUT2D eigenvalue weighted by Gasteiger charge is 2.48. The molecule has 2 bridgehead atoms. The number of rotatable bonds is 5. The molecule has 1 N–H and O–H groups in total. The van der Waals surface area contributed by atoms with E-state index in [0.717, 1.165) is 30.1 Å². The molecule has 5 rings (SSSR count). The molecule has 3 aliphatic carbocycles. The Labute approximate surface area is 164 Å². The number of halogens is 2. The summed E-state index contributed by atoms with van der Waals surface area (Å²) in [6.45, 7) is 0.957. The summed E-state index contributed by atoms with van der Waals surface area (Å²) < 4.78 is 0. The van der Waals surface area contributed by atoms with Gasteiger partial charge < -0.3 is 5.32 Å². The Morgan fingerprint density at radius 3 is 2.38 bits per heavy atom. The molecule has 2 atom stereocenters. The van der Waals surface area contributed by atoms with Crippen molar-refractivity contribution >= 4 is 34.8 Å². The number of hydrogen-bond donors (Lipinski definition) is 1. The number of hydrogen-bond acceptors (Lipinski definition) is 2. The minimum atomic E-state index is -0.195. The van der Waals surface area contributed by atoms with Crippen LogP contribution in [-0.2, 0) is 6.54 Å². The van der Waals surface area contributed by atoms with Crippen LogP contribution in [0.5, 0.6) is 0 Å². The third kappa shape index (κ3) is 3.48. The quantitative estimate of drug-likeness (QED) is 0.735. The van der Waals surface area contributed by atoms with E-state index < -0.39 is 0 Å². The molecule has 0 radical (unpaired) electrons. The van der Waals surface area contributed by atoms with Crippen LogP contribution in [0.15, 0.2) is 42.5 Å². The zero-order valence-electron chi connectivity index (χ0n) is 14.7. The summed E-state index contributed by atoms with van der Waals surface area (Å²) in [6, 6.07) is 13.7. The van der Waals surface area contributed by atoms with Crippen molar-refractivity contribution < 1.29 is 4.79 Å². The number of amides is 1. The minimum Gasteiger partial charge on any atom is -0.322 e. The summed E-state index contributed by atoms with van der Waals surface area (Å²) in [7, 11) is 2.23. The highest BCUT2D eigenvalue weighted by atomic mass is 35.5. The van der Waals surface area contributed by atoms with Crippen LogP contribution in [0.4, 0.5) is 5.69 Å². The van der Waals surface area contributed by atoms with Gasteiger partial charge in [0.2, 0.25) is 0 Å². The van der Waals surface area contributed by atoms with Crippen LogP contribution in [0, 0.1) is 11.8 Å². The molecule has 0 spiro atoms. The van der Waals surface area contributed by atoms with Crippen molar-refractivity contribution in [2.75, 3.05) is 12.4 Å². The molecular weight excluding hydrogens is 367 g/mol. The molecule has 3 fully saturated rings. The zero-order chi connectivity index (χ0) is 18.3. The van der Waals surface area contributed by atoms with Crippen molar-refractivity contribution in [2.24, 2.45) is 11.8 Å². The monoisotopic (exact) mass is 388 g/mol. The first-order chi connectivity index (χ1) is 12.5. The summed E-state index contributed by atoms with van der Waals surface area (Å²) in [5, 5.41) is 3.72. The molecule has 3 nitrogen and oxygen atoms in total. The van der Waals surface area contributed by atoms with Crippen LogP contribution in [0.3, 0.4) is 0 Å². The fourth-order valence-electron chi connectivity index (χ4n) is 4.51. The maximum atomic E-state index is 12.3. The summed E-state index contributed by atoms with van der Waals surface area (Å²) in [4.78, 5) is 14.8. The van der Waals surface area contributed by atoms with Crippen molar-refractivity contribution in [3.63, 3.8) is 0 Å². The average Bonchev–Trinajstić information content (AvgIpc) is 3.24. The lowest BCUT2D eigenvalue weighted by Gasteiger charge is -2.42. The summed E-state index contributed by atoms with van der Waals surface area (Å²) in [5.41, 5.74) is 2.53. The van der Waals surface area contributed by atoms with Gasteiger partial charge in [-0.1, -0.05) is 35.3 Å². The number of carbonyl (C=O) groups excluding carboxylic acids is 1. The third-order valence-corrected chi connectivity index (χ3v) is 6.55. The van der Waals surface area contributed by atoms with Gasteiger partial charge in [-0.2, -0.15) is 0 Å². The normalized spacial score (nSPS) is 23.8. The van der Waals surface area contributed by atoms with E-state index in [0.29, 0.717) is 15.6 Å². The number of nitrogens with one attached hydrogen (secondary N) is 1. The summed E-state index contributed by atoms with van der Waals surface area (Å²) in [5.74, 6) is 1.63. The predicted molar refractivity (Wildman–Crippen MR) is 107 cm³/mol. The van der Waals surface area contributed by atoms with Gasteiger partial charge in [-0.25, -0.2) is 0 Å². The second kappa shape index (κ2) is 7.22. The van der Waals surface area contributed by atoms with E-state index in [2.05, 4.69) is 29.4 Å². The first kappa shape index (κ1) is 17.8. The average molecular weight is 389 g/mol. The molecule has 0 heterocycles. The van der Waals surface area contributed by atoms with Crippen LogP contribution in [0.2, 0.25) is 10.0 Å². The lowest BCUT2D eigenvalue weighted by molar-refractivity contribution is 0.0645. The Morgan fingerprint density at radius 2 is 1.77 bits per heavy atom. The SMILES string of the molecule is CN(Cc1ccc(NC(=O)c2ccc(Cl)c(Cl)c2)cc1)C1C2CCC1C2. The smallest absolute Gasteiger partial charge is 0.255 e. The predicted octanol–water partition coefficient (Wildman–Crippen LogP) is 5.48. The second-order valence-electron chi connectivity index (χ2n) is 7.52. The fraction of sp³-hybridized carbons (Fsp3) is 0.381. The molecule has 2 aromatic rings. The van der Waals surface area contributed by atoms with Gasteiger partial charge in [-0.15, -0.1) is 0 Å². The molecule has 3 saturated carbocycles. The Balaban J connectivity index is 1.36. The lowest BCUT2D eigenvalue weighted by Crippen LogP contribution is -2.46. The van der Waals surface area contributed by atoms with Crippen molar-refractivity contribution in [1.29, 1.82) is 0 Å². The molecule has 1 amide bonds. The lowest BCUT2D eigenvalue weighted by atomic mass is 9.77. The molecule has 2 aromatic carbocycles. The van der Waals surface area contributed by atoms with Gasteiger partial charge in [0, 0.05) is 23.8 Å². The molecule has 3 aliphatic rings. The largest absolute Gasteiger partial charge is 0.322 e. The Kier molecular flexibility index (Phi) is 4.96. The number of nitrogens with zero attached hydrogens (tertiary/aromatic N) is 1. The number of fused-ring (bicyclic) bond motifs is 1. The van der Waals surface area contributed by atoms with Gasteiger partial charge in [0.05, 0.1) is 10.0 Å². The van der Waals surface area contributed by atoms with Crippen LogP contribution < -0.4 is 5.32 Å². The third-order valence-electron chi connectivity index (χ3n) is 5.81. The number of carbonyl (C=O) groups is 1. The molecule has 5 heteroatoms. The van der Waals surface area contributed by atoms with E-state index in [-0.39, 0.29) is 5.91 Å². The van der Waals surface area contributed by atoms with E-state index in [1.54, 1.807) is 18.2 Å². The highest BCUT2D eigenvalue weighted by molar-refractivity contribution is 6.42. The van der Waals surface area contributed by atoms with Gasteiger partial charge in [-0.3, -0.25) is 9.69 Å². The molecule has 26 heavy (non-hydrogen) atoms. The first-order valence-electron chi connectivity index (χ1n) is 9.07. The van der Waals surface area contributed by atoms with E-state index in [9.17, 15) is 4.79 Å². The van der Waals surface area contributed by atoms with Gasteiger partial charge >= 0.3 is 0 Å². The first-order valence-corrected chi connectivity index (χ1v) is 9.82. The van der Waals surface area contributed by atoms with Gasteiger partial charge in [0.1, 0.15) is 0 Å². The van der Waals surface area contributed by atoms with E-state index in [4.69, 9.17) is 23.2 Å². The van der Waals surface area contributed by atoms with Crippen molar-refractivity contribution in [2.45, 2.75) is 31.8 Å². The van der Waals surface area contributed by atoms with Crippen LogP contribution in [0.1, 0.15) is 35.2 Å². The van der Waals surface area contributed by atoms with Crippen molar-refractivity contribution in [1.82, 2.24) is 4.90 Å². The maximum absolute atomic E-state index is 12.3. The zero-order valence-corrected chi connectivity index (χ0v) is 16.2. The number of anilines is 1. The number of benzene rings is 2. The fourth-order valence-corrected chi connectivity index (χ4v) is 4.81. The highest BCUT2D eigenvalue weighted by Crippen LogP contribution is 2.51. The van der Waals surface area contributed by atoms with Crippen molar-refractivity contribution in [3.8, 4) is 0 Å².